The van der Waals surface area contributed by atoms with E-state index in [1.165, 1.54) is 19.6 Å². The highest BCUT2D eigenvalue weighted by molar-refractivity contribution is 5.88. The van der Waals surface area contributed by atoms with E-state index in [0.717, 1.165) is 44.6 Å². The Labute approximate surface area is 137 Å². The predicted molar refractivity (Wildman–Crippen MR) is 87.8 cm³/mol. The van der Waals surface area contributed by atoms with E-state index in [9.17, 15) is 9.59 Å². The van der Waals surface area contributed by atoms with Gasteiger partial charge in [0.25, 0.3) is 0 Å². The molecule has 5 nitrogen and oxygen atoms in total. The van der Waals surface area contributed by atoms with Gasteiger partial charge in [-0.1, -0.05) is 18.6 Å². The molecule has 1 aromatic carbocycles. The first-order valence-corrected chi connectivity index (χ1v) is 8.21. The van der Waals surface area contributed by atoms with Crippen molar-refractivity contribution in [1.82, 2.24) is 4.90 Å². The minimum Gasteiger partial charge on any atom is -0.469 e. The second-order valence-corrected chi connectivity index (χ2v) is 6.78. The van der Waals surface area contributed by atoms with E-state index in [1.807, 2.05) is 24.3 Å². The third-order valence-corrected chi connectivity index (χ3v) is 5.21. The van der Waals surface area contributed by atoms with Gasteiger partial charge in [0.15, 0.2) is 0 Å². The van der Waals surface area contributed by atoms with E-state index in [2.05, 4.69) is 10.2 Å². The van der Waals surface area contributed by atoms with Crippen LogP contribution >= 0.6 is 0 Å². The van der Waals surface area contributed by atoms with Crippen molar-refractivity contribution >= 4 is 17.6 Å². The normalized spacial score (nSPS) is 26.8. The highest BCUT2D eigenvalue weighted by Crippen LogP contribution is 2.49. The number of benzene rings is 1. The lowest BCUT2D eigenvalue weighted by atomic mass is 9.81. The molecule has 0 radical (unpaired) electrons. The van der Waals surface area contributed by atoms with Crippen molar-refractivity contribution in [3.8, 4) is 0 Å². The fourth-order valence-corrected chi connectivity index (χ4v) is 4.21. The predicted octanol–water partition coefficient (Wildman–Crippen LogP) is 2.42. The van der Waals surface area contributed by atoms with Crippen LogP contribution in [0.3, 0.4) is 0 Å². The molecule has 3 rings (SSSR count). The number of hydrogen-bond acceptors (Lipinski definition) is 4. The van der Waals surface area contributed by atoms with Crippen molar-refractivity contribution in [1.29, 1.82) is 0 Å². The maximum Gasteiger partial charge on any atom is 0.313 e. The monoisotopic (exact) mass is 316 g/mol. The Bertz CT molecular complexity index is 599. The van der Waals surface area contributed by atoms with Crippen LogP contribution < -0.4 is 5.32 Å². The summed E-state index contributed by atoms with van der Waals surface area (Å²) in [5, 5.41) is 2.77. The molecule has 2 fully saturated rings. The topological polar surface area (TPSA) is 58.6 Å². The Hall–Kier alpha value is -1.88. The highest BCUT2D eigenvalue weighted by atomic mass is 16.5. The van der Waals surface area contributed by atoms with E-state index >= 15 is 0 Å². The molecule has 0 spiro atoms. The number of esters is 1. The Balaban J connectivity index is 1.66. The van der Waals surface area contributed by atoms with Crippen LogP contribution in [0.15, 0.2) is 24.3 Å². The fraction of sp³-hybridized carbons (Fsp3) is 0.556. The van der Waals surface area contributed by atoms with Crippen LogP contribution in [0.25, 0.3) is 0 Å². The van der Waals surface area contributed by atoms with Gasteiger partial charge in [-0.2, -0.15) is 0 Å². The summed E-state index contributed by atoms with van der Waals surface area (Å²) in [5.74, 6) is 0.322. The Morgan fingerprint density at radius 3 is 2.74 bits per heavy atom. The summed E-state index contributed by atoms with van der Waals surface area (Å²) in [7, 11) is 1.50. The molecule has 1 amide bonds. The van der Waals surface area contributed by atoms with E-state index in [4.69, 9.17) is 4.74 Å². The lowest BCUT2D eigenvalue weighted by molar-refractivity contribution is -0.153. The summed E-state index contributed by atoms with van der Waals surface area (Å²) in [6.45, 7) is 4.08. The van der Waals surface area contributed by atoms with Gasteiger partial charge in [0.05, 0.1) is 12.5 Å². The Morgan fingerprint density at radius 1 is 1.35 bits per heavy atom. The lowest BCUT2D eigenvalue weighted by Gasteiger charge is -2.25. The molecule has 1 saturated carbocycles. The third kappa shape index (κ3) is 3.11. The standard InChI is InChI=1S/C18H24N2O3/c1-13(21)19-16-7-5-14(6-8-16)10-20-11-15-4-3-9-18(15,12-20)17(22)23-2/h5-8,15H,3-4,9-12H2,1-2H3,(H,19,21)/t15-,18-/m1/s1. The van der Waals surface area contributed by atoms with Crippen LogP contribution in [0.5, 0.6) is 0 Å². The number of carbonyl (C=O) groups excluding carboxylic acids is 2. The quantitative estimate of drug-likeness (QED) is 0.867. The van der Waals surface area contributed by atoms with Gasteiger partial charge in [0.1, 0.15) is 0 Å². The minimum atomic E-state index is -0.287. The summed E-state index contributed by atoms with van der Waals surface area (Å²) >= 11 is 0. The van der Waals surface area contributed by atoms with Crippen molar-refractivity contribution in [3.05, 3.63) is 29.8 Å². The van der Waals surface area contributed by atoms with Gasteiger partial charge in [0, 0.05) is 32.2 Å². The molecular weight excluding hydrogens is 292 g/mol. The maximum atomic E-state index is 12.3. The van der Waals surface area contributed by atoms with Crippen LogP contribution in [0.4, 0.5) is 5.69 Å². The summed E-state index contributed by atoms with van der Waals surface area (Å²) in [6, 6.07) is 7.90. The zero-order valence-electron chi connectivity index (χ0n) is 13.8. The number of hydrogen-bond donors (Lipinski definition) is 1. The molecule has 0 aromatic heterocycles. The van der Waals surface area contributed by atoms with Gasteiger partial charge >= 0.3 is 5.97 Å². The molecule has 2 aliphatic rings. The number of nitrogens with zero attached hydrogens (tertiary/aromatic N) is 1. The van der Waals surface area contributed by atoms with Gasteiger partial charge in [-0.3, -0.25) is 14.5 Å². The molecule has 1 heterocycles. The largest absolute Gasteiger partial charge is 0.469 e. The lowest BCUT2D eigenvalue weighted by Crippen LogP contribution is -2.36. The number of ether oxygens (including phenoxy) is 1. The van der Waals surface area contributed by atoms with Crippen LogP contribution in [-0.4, -0.2) is 37.0 Å². The number of amides is 1. The van der Waals surface area contributed by atoms with E-state index in [1.54, 1.807) is 0 Å². The number of likely N-dealkylation sites (tertiary alicyclic amines) is 1. The van der Waals surface area contributed by atoms with Crippen LogP contribution in [0.1, 0.15) is 31.7 Å². The molecule has 124 valence electrons. The average Bonchev–Trinajstić information content (AvgIpc) is 3.05. The first kappa shape index (κ1) is 16.0. The molecule has 0 bridgehead atoms. The van der Waals surface area contributed by atoms with Crippen LogP contribution in [0.2, 0.25) is 0 Å². The summed E-state index contributed by atoms with van der Waals surface area (Å²) in [6.07, 6.45) is 3.19. The first-order valence-electron chi connectivity index (χ1n) is 8.21. The van der Waals surface area contributed by atoms with E-state index in [-0.39, 0.29) is 17.3 Å². The number of methoxy groups -OCH3 is 1. The number of fused-ring (bicyclic) bond motifs is 1. The Kier molecular flexibility index (Phi) is 4.39. The maximum absolute atomic E-state index is 12.3. The molecule has 2 atom stereocenters. The molecule has 5 heteroatoms. The number of nitrogens with one attached hydrogen (secondary N) is 1. The van der Waals surface area contributed by atoms with Gasteiger partial charge < -0.3 is 10.1 Å². The molecule has 1 aliphatic heterocycles. The van der Waals surface area contributed by atoms with Crippen LogP contribution in [-0.2, 0) is 20.9 Å². The molecule has 1 aromatic rings. The minimum absolute atomic E-state index is 0.0384. The smallest absolute Gasteiger partial charge is 0.313 e. The zero-order valence-corrected chi connectivity index (χ0v) is 13.8. The summed E-state index contributed by atoms with van der Waals surface area (Å²) in [4.78, 5) is 25.7. The van der Waals surface area contributed by atoms with Gasteiger partial charge in [0.2, 0.25) is 5.91 Å². The molecule has 23 heavy (non-hydrogen) atoms. The third-order valence-electron chi connectivity index (χ3n) is 5.21. The summed E-state index contributed by atoms with van der Waals surface area (Å²) in [5.41, 5.74) is 1.72. The molecular formula is C18H24N2O3. The van der Waals surface area contributed by atoms with Crippen LogP contribution in [0, 0.1) is 11.3 Å². The molecule has 1 saturated heterocycles. The molecule has 1 N–H and O–H groups in total. The summed E-state index contributed by atoms with van der Waals surface area (Å²) < 4.78 is 5.08. The van der Waals surface area contributed by atoms with Crippen molar-refractivity contribution in [2.45, 2.75) is 32.7 Å². The van der Waals surface area contributed by atoms with Crippen molar-refractivity contribution in [2.24, 2.45) is 11.3 Å². The molecule has 1 aliphatic carbocycles. The van der Waals surface area contributed by atoms with Crippen molar-refractivity contribution < 1.29 is 14.3 Å². The van der Waals surface area contributed by atoms with Crippen molar-refractivity contribution in [2.75, 3.05) is 25.5 Å². The second kappa shape index (κ2) is 6.32. The van der Waals surface area contributed by atoms with E-state index in [0.29, 0.717) is 5.92 Å². The molecule has 0 unspecified atom stereocenters. The highest BCUT2D eigenvalue weighted by Gasteiger charge is 2.55. The number of carbonyl (C=O) groups is 2. The fourth-order valence-electron chi connectivity index (χ4n) is 4.21. The van der Waals surface area contributed by atoms with Crippen molar-refractivity contribution in [3.63, 3.8) is 0 Å². The second-order valence-electron chi connectivity index (χ2n) is 6.78. The van der Waals surface area contributed by atoms with Gasteiger partial charge in [-0.25, -0.2) is 0 Å². The van der Waals surface area contributed by atoms with E-state index < -0.39 is 0 Å². The average molecular weight is 316 g/mol. The zero-order chi connectivity index (χ0) is 16.4. The Morgan fingerprint density at radius 2 is 2.09 bits per heavy atom. The van der Waals surface area contributed by atoms with Gasteiger partial charge in [-0.05, 0) is 36.5 Å². The first-order chi connectivity index (χ1) is 11.0. The number of rotatable bonds is 4. The SMILES string of the molecule is COC(=O)[C@@]12CCC[C@@H]1CN(Cc1ccc(NC(C)=O)cc1)C2. The van der Waals surface area contributed by atoms with Gasteiger partial charge in [-0.15, -0.1) is 0 Å². The number of anilines is 1.